The van der Waals surface area contributed by atoms with Gasteiger partial charge in [-0.25, -0.2) is 0 Å². The summed E-state index contributed by atoms with van der Waals surface area (Å²) in [4.78, 5) is 2.42. The standard InChI is InChI=1S/C22H30N2/c1-7-8-9-19(3)21(5)20(4)16-18(2)17-24-14-11-22(6,10-13-23)12-15-24/h7-9,16H,1-3,5,10-12,14-15,17H2,4,6H3/b9-8-,20-16-. The fourth-order valence-electron chi connectivity index (χ4n) is 2.88. The zero-order chi connectivity index (χ0) is 18.2. The molecule has 0 aromatic carbocycles. The smallest absolute Gasteiger partial charge is 0.0627 e. The van der Waals surface area contributed by atoms with Crippen LogP contribution in [-0.2, 0) is 0 Å². The molecule has 2 heteroatoms. The van der Waals surface area contributed by atoms with E-state index in [1.54, 1.807) is 6.08 Å². The molecule has 2 nitrogen and oxygen atoms in total. The lowest BCUT2D eigenvalue weighted by molar-refractivity contribution is 0.130. The van der Waals surface area contributed by atoms with Crippen molar-refractivity contribution in [3.8, 4) is 6.07 Å². The number of rotatable bonds is 8. The number of nitrogens with zero attached hydrogens (tertiary/aromatic N) is 2. The summed E-state index contributed by atoms with van der Waals surface area (Å²) < 4.78 is 0. The van der Waals surface area contributed by atoms with Gasteiger partial charge < -0.3 is 0 Å². The molecule has 1 aliphatic rings. The van der Waals surface area contributed by atoms with Crippen molar-refractivity contribution in [2.75, 3.05) is 19.6 Å². The lowest BCUT2D eigenvalue weighted by Crippen LogP contribution is -2.39. The summed E-state index contributed by atoms with van der Waals surface area (Å²) in [5.74, 6) is 0. The predicted molar refractivity (Wildman–Crippen MR) is 105 cm³/mol. The highest BCUT2D eigenvalue weighted by Crippen LogP contribution is 2.34. The minimum absolute atomic E-state index is 0.182. The van der Waals surface area contributed by atoms with Crippen LogP contribution in [0.5, 0.6) is 0 Å². The molecule has 0 saturated carbocycles. The Bertz CT molecular complexity index is 602. The van der Waals surface area contributed by atoms with Gasteiger partial charge in [0.2, 0.25) is 0 Å². The minimum Gasteiger partial charge on any atom is -0.299 e. The van der Waals surface area contributed by atoms with E-state index in [9.17, 15) is 0 Å². The molecule has 1 heterocycles. The van der Waals surface area contributed by atoms with Crippen LogP contribution in [0.15, 0.2) is 72.9 Å². The van der Waals surface area contributed by atoms with E-state index in [0.29, 0.717) is 6.42 Å². The molecule has 0 N–H and O–H groups in total. The number of hydrogen-bond donors (Lipinski definition) is 0. The van der Waals surface area contributed by atoms with Crippen molar-refractivity contribution in [1.82, 2.24) is 4.90 Å². The second-order valence-corrected chi connectivity index (χ2v) is 7.01. The summed E-state index contributed by atoms with van der Waals surface area (Å²) in [6.07, 6.45) is 10.4. The Labute approximate surface area is 147 Å². The monoisotopic (exact) mass is 322 g/mol. The summed E-state index contributed by atoms with van der Waals surface area (Å²) in [5.41, 5.74) is 4.17. The van der Waals surface area contributed by atoms with Crippen molar-refractivity contribution in [3.05, 3.63) is 72.9 Å². The molecule has 0 amide bonds. The maximum Gasteiger partial charge on any atom is 0.0627 e. The first-order valence-electron chi connectivity index (χ1n) is 8.44. The van der Waals surface area contributed by atoms with E-state index in [1.165, 1.54) is 0 Å². The van der Waals surface area contributed by atoms with Gasteiger partial charge >= 0.3 is 0 Å². The molecule has 1 rings (SSSR count). The summed E-state index contributed by atoms with van der Waals surface area (Å²) in [7, 11) is 0. The third kappa shape index (κ3) is 6.18. The van der Waals surface area contributed by atoms with Gasteiger partial charge in [-0.15, -0.1) is 0 Å². The molecule has 24 heavy (non-hydrogen) atoms. The summed E-state index contributed by atoms with van der Waals surface area (Å²) in [5, 5.41) is 8.93. The number of piperidine rings is 1. The fraction of sp³-hybridized carbons (Fsp3) is 0.409. The van der Waals surface area contributed by atoms with Crippen molar-refractivity contribution in [1.29, 1.82) is 5.26 Å². The molecular weight excluding hydrogens is 292 g/mol. The molecule has 0 bridgehead atoms. The molecule has 0 aromatic rings. The molecule has 128 valence electrons. The van der Waals surface area contributed by atoms with Crippen LogP contribution in [0, 0.1) is 16.7 Å². The molecule has 1 aliphatic heterocycles. The van der Waals surface area contributed by atoms with Crippen LogP contribution in [0.1, 0.15) is 33.1 Å². The highest BCUT2D eigenvalue weighted by atomic mass is 15.1. The normalized spacial score (nSPS) is 18.1. The van der Waals surface area contributed by atoms with Crippen molar-refractivity contribution in [3.63, 3.8) is 0 Å². The van der Waals surface area contributed by atoms with Crippen LogP contribution in [0.2, 0.25) is 0 Å². The third-order valence-electron chi connectivity index (χ3n) is 4.71. The van der Waals surface area contributed by atoms with E-state index in [1.807, 2.05) is 19.1 Å². The number of likely N-dealkylation sites (tertiary alicyclic amines) is 1. The highest BCUT2D eigenvalue weighted by molar-refractivity contribution is 5.50. The van der Waals surface area contributed by atoms with Crippen molar-refractivity contribution in [2.24, 2.45) is 5.41 Å². The average Bonchev–Trinajstić information content (AvgIpc) is 2.54. The Balaban J connectivity index is 2.56. The number of hydrogen-bond acceptors (Lipinski definition) is 2. The summed E-state index contributed by atoms with van der Waals surface area (Å²) in [6, 6.07) is 2.32. The first kappa shape index (κ1) is 19.9. The molecule has 0 aromatic heterocycles. The van der Waals surface area contributed by atoms with E-state index in [-0.39, 0.29) is 5.41 Å². The van der Waals surface area contributed by atoms with Gasteiger partial charge in [-0.3, -0.25) is 4.90 Å². The zero-order valence-corrected chi connectivity index (χ0v) is 15.3. The molecule has 0 unspecified atom stereocenters. The highest BCUT2D eigenvalue weighted by Gasteiger charge is 2.29. The molecule has 0 aliphatic carbocycles. The molecule has 0 radical (unpaired) electrons. The van der Waals surface area contributed by atoms with Gasteiger partial charge in [-0.05, 0) is 60.6 Å². The largest absolute Gasteiger partial charge is 0.299 e. The van der Waals surface area contributed by atoms with Crippen LogP contribution in [0.4, 0.5) is 0 Å². The molecule has 1 saturated heterocycles. The first-order valence-corrected chi connectivity index (χ1v) is 8.44. The molecular formula is C22H30N2. The number of allylic oxidation sites excluding steroid dienone is 6. The second kappa shape index (κ2) is 9.25. The topological polar surface area (TPSA) is 27.0 Å². The van der Waals surface area contributed by atoms with Crippen LogP contribution >= 0.6 is 0 Å². The van der Waals surface area contributed by atoms with Gasteiger partial charge in [0.1, 0.15) is 0 Å². The second-order valence-electron chi connectivity index (χ2n) is 7.01. The first-order chi connectivity index (χ1) is 11.3. The fourth-order valence-corrected chi connectivity index (χ4v) is 2.88. The van der Waals surface area contributed by atoms with E-state index >= 15 is 0 Å². The lowest BCUT2D eigenvalue weighted by atomic mass is 9.78. The van der Waals surface area contributed by atoms with Gasteiger partial charge in [0, 0.05) is 13.0 Å². The van der Waals surface area contributed by atoms with Gasteiger partial charge in [-0.2, -0.15) is 5.26 Å². The Morgan fingerprint density at radius 3 is 2.42 bits per heavy atom. The maximum atomic E-state index is 8.93. The Kier molecular flexibility index (Phi) is 7.68. The van der Waals surface area contributed by atoms with Gasteiger partial charge in [0.05, 0.1) is 6.07 Å². The minimum atomic E-state index is 0.182. The predicted octanol–water partition coefficient (Wildman–Crippen LogP) is 5.36. The quantitative estimate of drug-likeness (QED) is 0.563. The summed E-state index contributed by atoms with van der Waals surface area (Å²) in [6.45, 7) is 23.2. The van der Waals surface area contributed by atoms with Gasteiger partial charge in [-0.1, -0.05) is 57.5 Å². The van der Waals surface area contributed by atoms with E-state index in [0.717, 1.165) is 54.8 Å². The SMILES string of the molecule is C=C/C=C\C(=C)C(=C)/C(C)=C\C(=C)CN1CCC(C)(CC#N)CC1. The zero-order valence-electron chi connectivity index (χ0n) is 15.3. The van der Waals surface area contributed by atoms with E-state index < -0.39 is 0 Å². The Hall–Kier alpha value is -2.11. The number of nitriles is 1. The molecule has 0 atom stereocenters. The lowest BCUT2D eigenvalue weighted by Gasteiger charge is -2.38. The van der Waals surface area contributed by atoms with Gasteiger partial charge in [0.25, 0.3) is 0 Å². The van der Waals surface area contributed by atoms with Crippen molar-refractivity contribution >= 4 is 0 Å². The molecule has 0 spiro atoms. The van der Waals surface area contributed by atoms with Crippen LogP contribution in [0.25, 0.3) is 0 Å². The maximum absolute atomic E-state index is 8.93. The molecule has 1 fully saturated rings. The Morgan fingerprint density at radius 2 is 1.88 bits per heavy atom. The Morgan fingerprint density at radius 1 is 1.25 bits per heavy atom. The van der Waals surface area contributed by atoms with Crippen LogP contribution in [-0.4, -0.2) is 24.5 Å². The van der Waals surface area contributed by atoms with Gasteiger partial charge in [0.15, 0.2) is 0 Å². The van der Waals surface area contributed by atoms with Crippen LogP contribution < -0.4 is 0 Å². The third-order valence-corrected chi connectivity index (χ3v) is 4.71. The average molecular weight is 322 g/mol. The van der Waals surface area contributed by atoms with Crippen molar-refractivity contribution < 1.29 is 0 Å². The van der Waals surface area contributed by atoms with Crippen LogP contribution in [0.3, 0.4) is 0 Å². The van der Waals surface area contributed by atoms with Crippen molar-refractivity contribution in [2.45, 2.75) is 33.1 Å². The summed E-state index contributed by atoms with van der Waals surface area (Å²) >= 11 is 0. The van der Waals surface area contributed by atoms with E-state index in [4.69, 9.17) is 5.26 Å². The van der Waals surface area contributed by atoms with E-state index in [2.05, 4.69) is 50.3 Å².